The lowest BCUT2D eigenvalue weighted by Gasteiger charge is -2.24. The highest BCUT2D eigenvalue weighted by Gasteiger charge is 2.13. The Hall–Kier alpha value is -1.85. The zero-order valence-electron chi connectivity index (χ0n) is 12.1. The molecule has 2 heterocycles. The van der Waals surface area contributed by atoms with Crippen LogP contribution >= 0.6 is 11.6 Å². The monoisotopic (exact) mass is 320 g/mol. The minimum Gasteiger partial charge on any atom is -0.367 e. The van der Waals surface area contributed by atoms with Gasteiger partial charge in [0.05, 0.1) is 5.02 Å². The van der Waals surface area contributed by atoms with Crippen LogP contribution in [0.2, 0.25) is 5.02 Å². The van der Waals surface area contributed by atoms with Crippen molar-refractivity contribution in [3.63, 3.8) is 0 Å². The van der Waals surface area contributed by atoms with E-state index in [2.05, 4.69) is 20.9 Å². The summed E-state index contributed by atoms with van der Waals surface area (Å²) in [5, 5.41) is 10.1. The first-order valence-electron chi connectivity index (χ1n) is 7.36. The van der Waals surface area contributed by atoms with Crippen molar-refractivity contribution in [2.45, 2.75) is 18.9 Å². The number of hydrogen-bond donors (Lipinski definition) is 3. The van der Waals surface area contributed by atoms with Gasteiger partial charge in [-0.15, -0.1) is 0 Å². The van der Waals surface area contributed by atoms with Crippen LogP contribution in [0.3, 0.4) is 0 Å². The van der Waals surface area contributed by atoms with E-state index < -0.39 is 5.82 Å². The molecule has 0 spiro atoms. The summed E-state index contributed by atoms with van der Waals surface area (Å²) < 4.78 is 13.2. The Kier molecular flexibility index (Phi) is 4.75. The number of pyridine rings is 1. The highest BCUT2D eigenvalue weighted by molar-refractivity contribution is 6.31. The first-order valence-corrected chi connectivity index (χ1v) is 7.74. The molecular formula is C16H18ClFN4. The lowest BCUT2D eigenvalue weighted by atomic mass is 10.1. The molecule has 1 fully saturated rings. The molecule has 0 amide bonds. The van der Waals surface area contributed by atoms with Crippen LogP contribution in [-0.2, 0) is 0 Å². The molecule has 3 rings (SSSR count). The summed E-state index contributed by atoms with van der Waals surface area (Å²) in [6.45, 7) is 2.06. The minimum absolute atomic E-state index is 0.104. The van der Waals surface area contributed by atoms with Crippen LogP contribution < -0.4 is 16.0 Å². The number of aromatic nitrogens is 1. The van der Waals surface area contributed by atoms with Gasteiger partial charge in [-0.1, -0.05) is 11.6 Å². The maximum absolute atomic E-state index is 13.2. The maximum Gasteiger partial charge on any atom is 0.141 e. The molecular weight excluding hydrogens is 303 g/mol. The van der Waals surface area contributed by atoms with Gasteiger partial charge < -0.3 is 16.0 Å². The van der Waals surface area contributed by atoms with E-state index >= 15 is 0 Å². The number of piperidine rings is 1. The van der Waals surface area contributed by atoms with Crippen molar-refractivity contribution in [1.82, 2.24) is 10.3 Å². The van der Waals surface area contributed by atoms with Gasteiger partial charge in [0.1, 0.15) is 11.6 Å². The number of anilines is 3. The normalized spacial score (nSPS) is 15.5. The van der Waals surface area contributed by atoms with Crippen molar-refractivity contribution in [2.75, 3.05) is 23.7 Å². The molecule has 0 saturated carbocycles. The molecule has 0 bridgehead atoms. The highest BCUT2D eigenvalue weighted by Crippen LogP contribution is 2.24. The summed E-state index contributed by atoms with van der Waals surface area (Å²) >= 11 is 5.79. The molecule has 1 aromatic carbocycles. The van der Waals surface area contributed by atoms with Gasteiger partial charge in [-0.3, -0.25) is 0 Å². The van der Waals surface area contributed by atoms with Gasteiger partial charge in [-0.2, -0.15) is 0 Å². The number of halogens is 2. The molecule has 1 aliphatic heterocycles. The lowest BCUT2D eigenvalue weighted by molar-refractivity contribution is 0.478. The fourth-order valence-electron chi connectivity index (χ4n) is 2.50. The third-order valence-electron chi connectivity index (χ3n) is 3.66. The van der Waals surface area contributed by atoms with E-state index in [1.807, 2.05) is 12.1 Å². The molecule has 2 aromatic rings. The van der Waals surface area contributed by atoms with Crippen LogP contribution in [0.1, 0.15) is 12.8 Å². The molecule has 116 valence electrons. The Morgan fingerprint density at radius 3 is 2.68 bits per heavy atom. The Morgan fingerprint density at radius 1 is 1.14 bits per heavy atom. The molecule has 1 saturated heterocycles. The Bertz CT molecular complexity index is 644. The van der Waals surface area contributed by atoms with Crippen molar-refractivity contribution < 1.29 is 4.39 Å². The summed E-state index contributed by atoms with van der Waals surface area (Å²) in [6, 6.07) is 8.83. The summed E-state index contributed by atoms with van der Waals surface area (Å²) in [5.74, 6) is 0.417. The number of nitrogens with zero attached hydrogens (tertiary/aromatic N) is 1. The van der Waals surface area contributed by atoms with E-state index in [1.54, 1.807) is 18.3 Å². The van der Waals surface area contributed by atoms with Gasteiger partial charge in [-0.05, 0) is 50.2 Å². The average molecular weight is 321 g/mol. The second-order valence-electron chi connectivity index (χ2n) is 5.35. The molecule has 6 heteroatoms. The smallest absolute Gasteiger partial charge is 0.141 e. The average Bonchev–Trinajstić information content (AvgIpc) is 2.52. The maximum atomic E-state index is 13.2. The third kappa shape index (κ3) is 3.87. The van der Waals surface area contributed by atoms with Gasteiger partial charge in [-0.25, -0.2) is 9.37 Å². The Morgan fingerprint density at radius 2 is 1.91 bits per heavy atom. The molecule has 4 nitrogen and oxygen atoms in total. The van der Waals surface area contributed by atoms with Crippen molar-refractivity contribution in [3.8, 4) is 0 Å². The summed E-state index contributed by atoms with van der Waals surface area (Å²) in [6.07, 6.45) is 3.93. The van der Waals surface area contributed by atoms with Crippen molar-refractivity contribution in [1.29, 1.82) is 0 Å². The molecule has 22 heavy (non-hydrogen) atoms. The second-order valence-corrected chi connectivity index (χ2v) is 5.76. The fourth-order valence-corrected chi connectivity index (χ4v) is 2.68. The quantitative estimate of drug-likeness (QED) is 0.802. The first kappa shape index (κ1) is 15.1. The Balaban J connectivity index is 1.68. The van der Waals surface area contributed by atoms with Crippen LogP contribution in [0.15, 0.2) is 36.5 Å². The molecule has 0 atom stereocenters. The van der Waals surface area contributed by atoms with Crippen LogP contribution in [-0.4, -0.2) is 24.1 Å². The fraction of sp³-hybridized carbons (Fsp3) is 0.312. The number of hydrogen-bond acceptors (Lipinski definition) is 4. The number of rotatable bonds is 4. The Labute approximate surface area is 134 Å². The first-order chi connectivity index (χ1) is 10.7. The van der Waals surface area contributed by atoms with Crippen LogP contribution in [0.5, 0.6) is 0 Å². The van der Waals surface area contributed by atoms with E-state index in [0.29, 0.717) is 6.04 Å². The molecule has 3 N–H and O–H groups in total. The summed E-state index contributed by atoms with van der Waals surface area (Å²) in [5.41, 5.74) is 1.62. The van der Waals surface area contributed by atoms with Crippen molar-refractivity contribution in [3.05, 3.63) is 47.4 Å². The van der Waals surface area contributed by atoms with Crippen LogP contribution in [0.4, 0.5) is 21.6 Å². The zero-order valence-corrected chi connectivity index (χ0v) is 12.8. The van der Waals surface area contributed by atoms with E-state index in [1.165, 1.54) is 6.07 Å². The third-order valence-corrected chi connectivity index (χ3v) is 3.95. The summed E-state index contributed by atoms with van der Waals surface area (Å²) in [4.78, 5) is 4.35. The van der Waals surface area contributed by atoms with Crippen LogP contribution in [0.25, 0.3) is 0 Å². The van der Waals surface area contributed by atoms with Crippen molar-refractivity contribution >= 4 is 28.8 Å². The van der Waals surface area contributed by atoms with Crippen LogP contribution in [0, 0.1) is 5.82 Å². The van der Waals surface area contributed by atoms with Gasteiger partial charge in [0, 0.05) is 29.7 Å². The predicted octanol–water partition coefficient (Wildman–Crippen LogP) is 3.78. The molecule has 0 aliphatic carbocycles. The highest BCUT2D eigenvalue weighted by atomic mass is 35.5. The van der Waals surface area contributed by atoms with Crippen molar-refractivity contribution in [2.24, 2.45) is 0 Å². The van der Waals surface area contributed by atoms with E-state index in [4.69, 9.17) is 11.6 Å². The largest absolute Gasteiger partial charge is 0.367 e. The lowest BCUT2D eigenvalue weighted by Crippen LogP contribution is -2.35. The number of nitrogens with one attached hydrogen (secondary N) is 3. The number of benzene rings is 1. The molecule has 0 unspecified atom stereocenters. The van der Waals surface area contributed by atoms with E-state index in [0.717, 1.165) is 43.1 Å². The second kappa shape index (κ2) is 6.94. The standard InChI is InChI=1S/C16H18ClFN4/c17-14-9-12(1-2-15(14)18)21-13-5-8-20-16(10-13)22-11-3-6-19-7-4-11/h1-2,5,8-11,19H,3-4,6-7H2,(H2,20,21,22). The molecule has 1 aromatic heterocycles. The topological polar surface area (TPSA) is 49.0 Å². The molecule has 1 aliphatic rings. The molecule has 0 radical (unpaired) electrons. The van der Waals surface area contributed by atoms with Gasteiger partial charge in [0.25, 0.3) is 0 Å². The van der Waals surface area contributed by atoms with Gasteiger partial charge >= 0.3 is 0 Å². The zero-order chi connectivity index (χ0) is 15.4. The van der Waals surface area contributed by atoms with Gasteiger partial charge in [0.15, 0.2) is 0 Å². The summed E-state index contributed by atoms with van der Waals surface area (Å²) in [7, 11) is 0. The van der Waals surface area contributed by atoms with Gasteiger partial charge in [0.2, 0.25) is 0 Å². The minimum atomic E-state index is -0.421. The predicted molar refractivity (Wildman–Crippen MR) is 88.4 cm³/mol. The van der Waals surface area contributed by atoms with E-state index in [9.17, 15) is 4.39 Å². The SMILES string of the molecule is Fc1ccc(Nc2ccnc(NC3CCNCC3)c2)cc1Cl. The van der Waals surface area contributed by atoms with E-state index in [-0.39, 0.29) is 5.02 Å².